The summed E-state index contributed by atoms with van der Waals surface area (Å²) in [6.07, 6.45) is -0.441. The molecule has 2 heterocycles. The number of amides is 2. The molecule has 31 heavy (non-hydrogen) atoms. The van der Waals surface area contributed by atoms with Crippen LogP contribution in [0, 0.1) is 5.92 Å². The van der Waals surface area contributed by atoms with E-state index in [0.717, 1.165) is 10.8 Å². The quantitative estimate of drug-likeness (QED) is 0.525. The number of benzene rings is 2. The summed E-state index contributed by atoms with van der Waals surface area (Å²) in [5, 5.41) is 14.4. The summed E-state index contributed by atoms with van der Waals surface area (Å²) in [5.41, 5.74) is -1.87. The third kappa shape index (κ3) is 3.44. The van der Waals surface area contributed by atoms with Crippen LogP contribution >= 0.6 is 0 Å². The van der Waals surface area contributed by atoms with Gasteiger partial charge >= 0.3 is 17.7 Å². The van der Waals surface area contributed by atoms with Crippen LogP contribution in [-0.4, -0.2) is 52.9 Å². The standard InChI is InChI=1S/C21H20N2O8/c1-2-29-15-8-7-12-5-3-4-6-13(12)17(15)22-18(25)14-11-30-23(19(14)26)21(20(27)28)10-9-16(24)31-21/h3-8,14H,2,9-11H2,1H3,(H,22,25)(H,27,28)/t14-,21?/m0/s1. The van der Waals surface area contributed by atoms with Crippen LogP contribution < -0.4 is 10.1 Å². The van der Waals surface area contributed by atoms with Gasteiger partial charge in [-0.2, -0.15) is 5.06 Å². The smallest absolute Gasteiger partial charge is 0.372 e. The summed E-state index contributed by atoms with van der Waals surface area (Å²) in [6.45, 7) is 1.79. The number of anilines is 1. The third-order valence-corrected chi connectivity index (χ3v) is 5.24. The molecule has 2 N–H and O–H groups in total. The Hall–Kier alpha value is -3.66. The van der Waals surface area contributed by atoms with E-state index in [0.29, 0.717) is 23.1 Å². The number of aliphatic carboxylic acids is 1. The Kier molecular flexibility index (Phi) is 5.24. The molecule has 2 aliphatic heterocycles. The Morgan fingerprint density at radius 2 is 2.03 bits per heavy atom. The van der Waals surface area contributed by atoms with E-state index in [1.54, 1.807) is 13.0 Å². The second-order valence-electron chi connectivity index (χ2n) is 7.13. The molecule has 4 rings (SSSR count). The van der Waals surface area contributed by atoms with Crippen LogP contribution in [0.3, 0.4) is 0 Å². The number of ether oxygens (including phenoxy) is 2. The van der Waals surface area contributed by atoms with Gasteiger partial charge in [0, 0.05) is 11.8 Å². The minimum Gasteiger partial charge on any atom is -0.492 e. The second kappa shape index (κ2) is 7.88. The number of fused-ring (bicyclic) bond motifs is 1. The van der Waals surface area contributed by atoms with E-state index in [4.69, 9.17) is 14.3 Å². The summed E-state index contributed by atoms with van der Waals surface area (Å²) in [7, 11) is 0. The molecular formula is C21H20N2O8. The average Bonchev–Trinajstić information content (AvgIpc) is 3.33. The highest BCUT2D eigenvalue weighted by Crippen LogP contribution is 2.37. The van der Waals surface area contributed by atoms with Gasteiger partial charge in [0.2, 0.25) is 5.91 Å². The number of nitrogens with one attached hydrogen (secondary N) is 1. The van der Waals surface area contributed by atoms with Gasteiger partial charge in [0.05, 0.1) is 25.3 Å². The summed E-state index contributed by atoms with van der Waals surface area (Å²) in [6, 6.07) is 10.9. The van der Waals surface area contributed by atoms with Crippen molar-refractivity contribution in [2.24, 2.45) is 5.92 Å². The lowest BCUT2D eigenvalue weighted by Gasteiger charge is -2.30. The predicted octanol–water partition coefficient (Wildman–Crippen LogP) is 1.68. The van der Waals surface area contributed by atoms with Crippen LogP contribution in [-0.2, 0) is 28.8 Å². The van der Waals surface area contributed by atoms with Crippen molar-refractivity contribution >= 4 is 40.2 Å². The number of carboxylic acids is 1. The van der Waals surface area contributed by atoms with E-state index < -0.39 is 35.4 Å². The van der Waals surface area contributed by atoms with Gasteiger partial charge in [0.15, 0.2) is 0 Å². The second-order valence-corrected chi connectivity index (χ2v) is 7.13. The maximum atomic E-state index is 13.0. The number of hydrogen-bond donors (Lipinski definition) is 2. The van der Waals surface area contributed by atoms with E-state index in [2.05, 4.69) is 5.32 Å². The summed E-state index contributed by atoms with van der Waals surface area (Å²) in [5.74, 6) is -4.76. The van der Waals surface area contributed by atoms with Gasteiger partial charge in [-0.1, -0.05) is 30.3 Å². The first kappa shape index (κ1) is 20.6. The van der Waals surface area contributed by atoms with Crippen LogP contribution in [0.15, 0.2) is 36.4 Å². The molecule has 0 saturated carbocycles. The zero-order chi connectivity index (χ0) is 22.2. The first-order valence-electron chi connectivity index (χ1n) is 9.75. The van der Waals surface area contributed by atoms with Crippen LogP contribution in [0.4, 0.5) is 5.69 Å². The monoisotopic (exact) mass is 428 g/mol. The van der Waals surface area contributed by atoms with Crippen LogP contribution in [0.25, 0.3) is 10.8 Å². The summed E-state index contributed by atoms with van der Waals surface area (Å²) < 4.78 is 10.5. The fraction of sp³-hybridized carbons (Fsp3) is 0.333. The topological polar surface area (TPSA) is 131 Å². The molecule has 2 amide bonds. The molecule has 1 unspecified atom stereocenters. The number of carboxylic acid groups (broad SMARTS) is 1. The molecule has 162 valence electrons. The van der Waals surface area contributed by atoms with Crippen molar-refractivity contribution in [3.63, 3.8) is 0 Å². The van der Waals surface area contributed by atoms with Crippen molar-refractivity contribution < 1.29 is 38.6 Å². The van der Waals surface area contributed by atoms with Crippen molar-refractivity contribution in [3.8, 4) is 5.75 Å². The maximum Gasteiger partial charge on any atom is 0.372 e. The number of carbonyl (C=O) groups is 4. The number of hydrogen-bond acceptors (Lipinski definition) is 7. The Labute approximate surface area is 176 Å². The maximum absolute atomic E-state index is 13.0. The molecule has 0 radical (unpaired) electrons. The summed E-state index contributed by atoms with van der Waals surface area (Å²) in [4.78, 5) is 54.4. The number of hydroxylamine groups is 2. The molecular weight excluding hydrogens is 408 g/mol. The Balaban J connectivity index is 1.61. The lowest BCUT2D eigenvalue weighted by molar-refractivity contribution is -0.256. The zero-order valence-corrected chi connectivity index (χ0v) is 16.6. The van der Waals surface area contributed by atoms with Crippen molar-refractivity contribution in [1.82, 2.24) is 5.06 Å². The zero-order valence-electron chi connectivity index (χ0n) is 16.6. The molecule has 0 aliphatic carbocycles. The van der Waals surface area contributed by atoms with Gasteiger partial charge < -0.3 is 19.9 Å². The molecule has 10 nitrogen and oxygen atoms in total. The fourth-order valence-electron chi connectivity index (χ4n) is 3.70. The summed E-state index contributed by atoms with van der Waals surface area (Å²) >= 11 is 0. The van der Waals surface area contributed by atoms with Crippen molar-refractivity contribution in [3.05, 3.63) is 36.4 Å². The number of rotatable bonds is 6. The molecule has 2 aliphatic rings. The molecule has 2 aromatic carbocycles. The minimum atomic E-state index is -2.26. The van der Waals surface area contributed by atoms with Crippen molar-refractivity contribution in [1.29, 1.82) is 0 Å². The van der Waals surface area contributed by atoms with Crippen molar-refractivity contribution in [2.45, 2.75) is 25.5 Å². The van der Waals surface area contributed by atoms with Crippen LogP contribution in [0.2, 0.25) is 0 Å². The lowest BCUT2D eigenvalue weighted by Crippen LogP contribution is -2.55. The van der Waals surface area contributed by atoms with E-state index in [9.17, 15) is 24.3 Å². The highest BCUT2D eigenvalue weighted by atomic mass is 16.7. The lowest BCUT2D eigenvalue weighted by atomic mass is 10.0. The number of esters is 1. The molecule has 10 heteroatoms. The molecule has 0 bridgehead atoms. The highest BCUT2D eigenvalue weighted by molar-refractivity contribution is 6.12. The van der Waals surface area contributed by atoms with Gasteiger partial charge in [-0.05, 0) is 18.4 Å². The van der Waals surface area contributed by atoms with E-state index >= 15 is 0 Å². The number of cyclic esters (lactones) is 1. The molecule has 2 aromatic rings. The molecule has 2 atom stereocenters. The largest absolute Gasteiger partial charge is 0.492 e. The van der Waals surface area contributed by atoms with Gasteiger partial charge in [-0.25, -0.2) is 4.79 Å². The van der Waals surface area contributed by atoms with Gasteiger partial charge in [0.25, 0.3) is 5.91 Å². The molecule has 2 saturated heterocycles. The predicted molar refractivity (Wildman–Crippen MR) is 106 cm³/mol. The highest BCUT2D eigenvalue weighted by Gasteiger charge is 2.59. The van der Waals surface area contributed by atoms with E-state index in [1.807, 2.05) is 30.3 Å². The first-order valence-corrected chi connectivity index (χ1v) is 9.75. The minimum absolute atomic E-state index is 0.177. The SMILES string of the molecule is CCOc1ccc2ccccc2c1NC(=O)[C@@H]1CON(C2(C(=O)O)CCC(=O)O2)C1=O. The number of nitrogens with zero attached hydrogens (tertiary/aromatic N) is 1. The Morgan fingerprint density at radius 3 is 2.71 bits per heavy atom. The third-order valence-electron chi connectivity index (χ3n) is 5.24. The molecule has 0 aromatic heterocycles. The van der Waals surface area contributed by atoms with E-state index in [-0.39, 0.29) is 19.4 Å². The number of carbonyl (C=O) groups excluding carboxylic acids is 3. The average molecular weight is 428 g/mol. The van der Waals surface area contributed by atoms with Gasteiger partial charge in [-0.3, -0.25) is 19.2 Å². The van der Waals surface area contributed by atoms with Crippen LogP contribution in [0.5, 0.6) is 5.75 Å². The van der Waals surface area contributed by atoms with Crippen molar-refractivity contribution in [2.75, 3.05) is 18.5 Å². The molecule has 2 fully saturated rings. The normalized spacial score (nSPS) is 23.1. The van der Waals surface area contributed by atoms with Crippen LogP contribution in [0.1, 0.15) is 19.8 Å². The van der Waals surface area contributed by atoms with Gasteiger partial charge in [-0.15, -0.1) is 0 Å². The Bertz CT molecular complexity index is 1080. The Morgan fingerprint density at radius 1 is 1.26 bits per heavy atom. The van der Waals surface area contributed by atoms with E-state index in [1.165, 1.54) is 0 Å². The van der Waals surface area contributed by atoms with Gasteiger partial charge in [0.1, 0.15) is 11.7 Å². The first-order chi connectivity index (χ1) is 14.9. The molecule has 0 spiro atoms. The fourth-order valence-corrected chi connectivity index (χ4v) is 3.70.